The molecule has 1 aromatic carbocycles. The molecule has 2 fully saturated rings. The second kappa shape index (κ2) is 9.27. The van der Waals surface area contributed by atoms with Crippen molar-refractivity contribution in [3.8, 4) is 5.75 Å². The van der Waals surface area contributed by atoms with Gasteiger partial charge in [-0.1, -0.05) is 12.1 Å². The highest BCUT2D eigenvalue weighted by Gasteiger charge is 2.26. The van der Waals surface area contributed by atoms with Gasteiger partial charge in [-0.15, -0.1) is 0 Å². The summed E-state index contributed by atoms with van der Waals surface area (Å²) in [4.78, 5) is 23.6. The standard InChI is InChI=1S/C23H30N4O2/c1-29-22-5-3-2-4-21(22)26-14-16-27(17-15-26)23(28)18-25-12-8-20(9-13-25)19-6-10-24-11-7-19/h2-7,10-11,20H,8-9,12-18H2,1H3. The molecule has 154 valence electrons. The van der Waals surface area contributed by atoms with Crippen molar-refractivity contribution < 1.29 is 9.53 Å². The zero-order valence-corrected chi connectivity index (χ0v) is 17.2. The molecular formula is C23H30N4O2. The number of hydrogen-bond donors (Lipinski definition) is 0. The van der Waals surface area contributed by atoms with E-state index in [1.165, 1.54) is 5.56 Å². The number of ether oxygens (including phenoxy) is 1. The first-order valence-electron chi connectivity index (χ1n) is 10.5. The van der Waals surface area contributed by atoms with Gasteiger partial charge in [0, 0.05) is 38.6 Å². The van der Waals surface area contributed by atoms with Gasteiger partial charge in [0.15, 0.2) is 0 Å². The SMILES string of the molecule is COc1ccccc1N1CCN(C(=O)CN2CCC(c3ccncc3)CC2)CC1. The summed E-state index contributed by atoms with van der Waals surface area (Å²) >= 11 is 0. The first-order chi connectivity index (χ1) is 14.2. The molecule has 3 heterocycles. The molecule has 0 bridgehead atoms. The number of likely N-dealkylation sites (tertiary alicyclic amines) is 1. The average molecular weight is 395 g/mol. The Kier molecular flexibility index (Phi) is 6.30. The predicted molar refractivity (Wildman–Crippen MR) is 114 cm³/mol. The molecule has 6 heteroatoms. The number of benzene rings is 1. The Hall–Kier alpha value is -2.60. The number of amides is 1. The highest BCUT2D eigenvalue weighted by atomic mass is 16.5. The van der Waals surface area contributed by atoms with Gasteiger partial charge in [-0.3, -0.25) is 14.7 Å². The fourth-order valence-electron chi connectivity index (χ4n) is 4.44. The van der Waals surface area contributed by atoms with E-state index in [0.29, 0.717) is 12.5 Å². The van der Waals surface area contributed by atoms with Crippen molar-refractivity contribution in [2.45, 2.75) is 18.8 Å². The molecule has 2 aliphatic rings. The molecular weight excluding hydrogens is 364 g/mol. The Bertz CT molecular complexity index is 798. The first-order valence-corrected chi connectivity index (χ1v) is 10.5. The average Bonchev–Trinajstić information content (AvgIpc) is 2.80. The Balaban J connectivity index is 1.24. The van der Waals surface area contributed by atoms with Gasteiger partial charge >= 0.3 is 0 Å². The number of piperidine rings is 1. The lowest BCUT2D eigenvalue weighted by Gasteiger charge is -2.38. The number of rotatable bonds is 5. The molecule has 0 spiro atoms. The van der Waals surface area contributed by atoms with Crippen LogP contribution in [0.2, 0.25) is 0 Å². The van der Waals surface area contributed by atoms with Gasteiger partial charge in [0.2, 0.25) is 5.91 Å². The van der Waals surface area contributed by atoms with Crippen LogP contribution in [0.3, 0.4) is 0 Å². The van der Waals surface area contributed by atoms with Gasteiger partial charge in [0.25, 0.3) is 0 Å². The van der Waals surface area contributed by atoms with Crippen LogP contribution in [0.15, 0.2) is 48.8 Å². The van der Waals surface area contributed by atoms with E-state index in [9.17, 15) is 4.79 Å². The fraction of sp³-hybridized carbons (Fsp3) is 0.478. The summed E-state index contributed by atoms with van der Waals surface area (Å²) in [6.45, 7) is 5.73. The molecule has 2 aliphatic heterocycles. The van der Waals surface area contributed by atoms with E-state index < -0.39 is 0 Å². The zero-order valence-electron chi connectivity index (χ0n) is 17.2. The Morgan fingerprint density at radius 2 is 1.69 bits per heavy atom. The number of nitrogens with zero attached hydrogens (tertiary/aromatic N) is 4. The molecule has 0 radical (unpaired) electrons. The lowest BCUT2D eigenvalue weighted by molar-refractivity contribution is -0.133. The van der Waals surface area contributed by atoms with Crippen LogP contribution in [0.4, 0.5) is 5.69 Å². The number of carbonyl (C=O) groups excluding carboxylic acids is 1. The summed E-state index contributed by atoms with van der Waals surface area (Å²) in [6, 6.07) is 12.3. The minimum atomic E-state index is 0.257. The fourth-order valence-corrected chi connectivity index (χ4v) is 4.44. The van der Waals surface area contributed by atoms with Crippen molar-refractivity contribution in [2.75, 3.05) is 57.8 Å². The van der Waals surface area contributed by atoms with E-state index in [1.807, 2.05) is 35.5 Å². The smallest absolute Gasteiger partial charge is 0.236 e. The van der Waals surface area contributed by atoms with Gasteiger partial charge in [-0.25, -0.2) is 0 Å². The quantitative estimate of drug-likeness (QED) is 0.780. The lowest BCUT2D eigenvalue weighted by Crippen LogP contribution is -2.52. The van der Waals surface area contributed by atoms with Crippen molar-refractivity contribution in [2.24, 2.45) is 0 Å². The van der Waals surface area contributed by atoms with E-state index in [0.717, 1.165) is 63.5 Å². The van der Waals surface area contributed by atoms with Crippen LogP contribution in [0.5, 0.6) is 5.75 Å². The molecule has 0 N–H and O–H groups in total. The number of methoxy groups -OCH3 is 1. The van der Waals surface area contributed by atoms with Gasteiger partial charge in [0.1, 0.15) is 5.75 Å². The van der Waals surface area contributed by atoms with Gasteiger partial charge in [-0.2, -0.15) is 0 Å². The van der Waals surface area contributed by atoms with Crippen molar-refractivity contribution in [3.63, 3.8) is 0 Å². The number of anilines is 1. The summed E-state index contributed by atoms with van der Waals surface area (Å²) in [5.74, 6) is 1.74. The number of aromatic nitrogens is 1. The maximum atomic E-state index is 12.8. The molecule has 1 amide bonds. The van der Waals surface area contributed by atoms with E-state index in [1.54, 1.807) is 7.11 Å². The topological polar surface area (TPSA) is 48.9 Å². The minimum absolute atomic E-state index is 0.257. The van der Waals surface area contributed by atoms with E-state index in [2.05, 4.69) is 33.0 Å². The summed E-state index contributed by atoms with van der Waals surface area (Å²) in [7, 11) is 1.70. The maximum Gasteiger partial charge on any atom is 0.236 e. The number of pyridine rings is 1. The van der Waals surface area contributed by atoms with Crippen molar-refractivity contribution in [3.05, 3.63) is 54.4 Å². The summed E-state index contributed by atoms with van der Waals surface area (Å²) in [6.07, 6.45) is 5.96. The molecule has 1 aromatic heterocycles. The van der Waals surface area contributed by atoms with Crippen LogP contribution in [-0.4, -0.2) is 73.6 Å². The molecule has 6 nitrogen and oxygen atoms in total. The molecule has 0 aliphatic carbocycles. The monoisotopic (exact) mass is 394 g/mol. The van der Waals surface area contributed by atoms with Crippen molar-refractivity contribution in [1.29, 1.82) is 0 Å². The number of para-hydroxylation sites is 2. The van der Waals surface area contributed by atoms with Crippen LogP contribution in [-0.2, 0) is 4.79 Å². The Labute approximate surface area is 173 Å². The Morgan fingerprint density at radius 1 is 1.00 bits per heavy atom. The minimum Gasteiger partial charge on any atom is -0.495 e. The second-order valence-electron chi connectivity index (χ2n) is 7.87. The van der Waals surface area contributed by atoms with Crippen LogP contribution in [0.1, 0.15) is 24.3 Å². The van der Waals surface area contributed by atoms with Gasteiger partial charge < -0.3 is 14.5 Å². The molecule has 0 saturated carbocycles. The maximum absolute atomic E-state index is 12.8. The van der Waals surface area contributed by atoms with Crippen LogP contribution in [0.25, 0.3) is 0 Å². The van der Waals surface area contributed by atoms with Gasteiger partial charge in [-0.05, 0) is 61.7 Å². The largest absolute Gasteiger partial charge is 0.495 e. The highest BCUT2D eigenvalue weighted by molar-refractivity contribution is 5.78. The summed E-state index contributed by atoms with van der Waals surface area (Å²) in [5.41, 5.74) is 2.48. The normalized spacial score (nSPS) is 18.7. The first kappa shape index (κ1) is 19.7. The van der Waals surface area contributed by atoms with Crippen LogP contribution >= 0.6 is 0 Å². The predicted octanol–water partition coefficient (Wildman–Crippen LogP) is 2.62. The molecule has 29 heavy (non-hydrogen) atoms. The molecule has 4 rings (SSSR count). The second-order valence-corrected chi connectivity index (χ2v) is 7.87. The number of hydrogen-bond acceptors (Lipinski definition) is 5. The van der Waals surface area contributed by atoms with E-state index in [-0.39, 0.29) is 5.91 Å². The summed E-state index contributed by atoms with van der Waals surface area (Å²) in [5, 5.41) is 0. The van der Waals surface area contributed by atoms with Crippen LogP contribution in [0, 0.1) is 0 Å². The summed E-state index contributed by atoms with van der Waals surface area (Å²) < 4.78 is 5.48. The molecule has 0 unspecified atom stereocenters. The van der Waals surface area contributed by atoms with E-state index >= 15 is 0 Å². The zero-order chi connectivity index (χ0) is 20.1. The van der Waals surface area contributed by atoms with E-state index in [4.69, 9.17) is 4.74 Å². The van der Waals surface area contributed by atoms with Crippen LogP contribution < -0.4 is 9.64 Å². The number of carbonyl (C=O) groups is 1. The third-order valence-electron chi connectivity index (χ3n) is 6.18. The van der Waals surface area contributed by atoms with Crippen molar-refractivity contribution in [1.82, 2.24) is 14.8 Å². The number of piperazine rings is 1. The lowest BCUT2D eigenvalue weighted by atomic mass is 9.90. The molecule has 2 saturated heterocycles. The highest BCUT2D eigenvalue weighted by Crippen LogP contribution is 2.29. The third-order valence-corrected chi connectivity index (χ3v) is 6.18. The van der Waals surface area contributed by atoms with Gasteiger partial charge in [0.05, 0.1) is 19.3 Å². The third kappa shape index (κ3) is 4.70. The van der Waals surface area contributed by atoms with Crippen molar-refractivity contribution >= 4 is 11.6 Å². The Morgan fingerprint density at radius 3 is 2.38 bits per heavy atom. The molecule has 2 aromatic rings. The molecule has 0 atom stereocenters.